The van der Waals surface area contributed by atoms with E-state index in [4.69, 9.17) is 28.7 Å². The molecule has 3 heterocycles. The Hall–Kier alpha value is -3.77. The van der Waals surface area contributed by atoms with Gasteiger partial charge in [0.15, 0.2) is 18.5 Å². The molecule has 15 heteroatoms. The molecule has 352 valence electrons. The monoisotopic (exact) mass is 900 g/mol. The number of cyclic esters (lactones) is 1. The summed E-state index contributed by atoms with van der Waals surface area (Å²) in [4.78, 5) is 30.9. The average Bonchev–Trinajstić information content (AvgIpc) is 3.72. The molecule has 1 amide bonds. The normalized spacial score (nSPS) is 31.7. The van der Waals surface area contributed by atoms with Crippen LogP contribution in [0, 0.1) is 23.7 Å². The summed E-state index contributed by atoms with van der Waals surface area (Å²) in [6.45, 7) is 18.6. The standard InChI is InChI=1S/C48H72N2O12S/c1-26(2)20-38(61-48(57)49-11)45-50-35(25-63-45)44-31(7)15-13-14-30(6)43(58-12)34(10)37(59-47-42(55)41(54)40(53)39(24-51)60-47)19-17-27(3)21-29(5)22-33(9)36(52)23-28(4)16-18-32(8)46(56)62-44/h13-15,17-19,21-23,25-26,31,33-34,36-44,47,51-55H,16,20,24H2,1-12H3,(H,49,57). The highest BCUT2D eigenvalue weighted by Crippen LogP contribution is 2.35. The lowest BCUT2D eigenvalue weighted by molar-refractivity contribution is -0.311. The van der Waals surface area contributed by atoms with E-state index in [-0.39, 0.29) is 17.8 Å². The number of methoxy groups -OCH3 is 1. The number of nitrogens with one attached hydrogen (secondary N) is 1. The van der Waals surface area contributed by atoms with Gasteiger partial charge in [-0.05, 0) is 59.0 Å². The van der Waals surface area contributed by atoms with Crippen molar-refractivity contribution in [3.63, 3.8) is 0 Å². The van der Waals surface area contributed by atoms with E-state index in [1.165, 1.54) is 18.4 Å². The minimum absolute atomic E-state index is 0.203. The Labute approximate surface area is 377 Å². The van der Waals surface area contributed by atoms with Crippen molar-refractivity contribution < 1.29 is 58.8 Å². The molecule has 1 aromatic heterocycles. The number of esters is 1. The third-order valence-corrected chi connectivity index (χ3v) is 12.1. The third-order valence-electron chi connectivity index (χ3n) is 11.1. The number of hydrogen-bond acceptors (Lipinski definition) is 14. The molecule has 63 heavy (non-hydrogen) atoms. The van der Waals surface area contributed by atoms with Crippen LogP contribution < -0.4 is 5.32 Å². The molecule has 0 saturated carbocycles. The van der Waals surface area contributed by atoms with Crippen molar-refractivity contribution in [3.05, 3.63) is 98.6 Å². The number of rotatable bonds is 9. The van der Waals surface area contributed by atoms with Gasteiger partial charge in [0, 0.05) is 42.9 Å². The van der Waals surface area contributed by atoms with Crippen LogP contribution in [0.1, 0.15) is 105 Å². The predicted octanol–water partition coefficient (Wildman–Crippen LogP) is 6.89. The van der Waals surface area contributed by atoms with E-state index >= 15 is 0 Å². The molecule has 2 aliphatic heterocycles. The number of carbonyl (C=O) groups is 2. The molecule has 0 spiro atoms. The van der Waals surface area contributed by atoms with Crippen molar-refractivity contribution in [3.8, 4) is 0 Å². The van der Waals surface area contributed by atoms with Gasteiger partial charge in [-0.25, -0.2) is 14.6 Å². The van der Waals surface area contributed by atoms with Crippen molar-refractivity contribution in [2.24, 2.45) is 23.7 Å². The van der Waals surface area contributed by atoms with Gasteiger partial charge < -0.3 is 54.5 Å². The first-order valence-electron chi connectivity index (χ1n) is 21.7. The van der Waals surface area contributed by atoms with Gasteiger partial charge in [0.05, 0.1) is 30.6 Å². The second kappa shape index (κ2) is 25.6. The molecule has 13 unspecified atom stereocenters. The summed E-state index contributed by atoms with van der Waals surface area (Å²) < 4.78 is 30.0. The Morgan fingerprint density at radius 3 is 2.32 bits per heavy atom. The van der Waals surface area contributed by atoms with E-state index < -0.39 is 85.8 Å². The van der Waals surface area contributed by atoms with Gasteiger partial charge in [-0.3, -0.25) is 0 Å². The lowest BCUT2D eigenvalue weighted by atomic mass is 9.91. The van der Waals surface area contributed by atoms with E-state index in [0.29, 0.717) is 29.1 Å². The Kier molecular flexibility index (Phi) is 21.8. The number of thiazole rings is 1. The Bertz CT molecular complexity index is 1860. The van der Waals surface area contributed by atoms with Crippen molar-refractivity contribution >= 4 is 23.4 Å². The number of ether oxygens (including phenoxy) is 5. The first kappa shape index (κ1) is 53.6. The molecule has 14 nitrogen and oxygen atoms in total. The molecular formula is C48H72N2O12S. The summed E-state index contributed by atoms with van der Waals surface area (Å²) in [6, 6.07) is 0. The maximum Gasteiger partial charge on any atom is 0.407 e. The molecule has 1 fully saturated rings. The van der Waals surface area contributed by atoms with Crippen LogP contribution in [0.2, 0.25) is 0 Å². The van der Waals surface area contributed by atoms with Crippen LogP contribution >= 0.6 is 11.3 Å². The summed E-state index contributed by atoms with van der Waals surface area (Å²) in [6.07, 6.45) is 6.38. The lowest BCUT2D eigenvalue weighted by Crippen LogP contribution is -2.60. The summed E-state index contributed by atoms with van der Waals surface area (Å²) >= 11 is 1.33. The van der Waals surface area contributed by atoms with Crippen LogP contribution in [0.5, 0.6) is 0 Å². The van der Waals surface area contributed by atoms with Gasteiger partial charge in [-0.15, -0.1) is 11.3 Å². The van der Waals surface area contributed by atoms with Crippen molar-refractivity contribution in [2.75, 3.05) is 20.8 Å². The fourth-order valence-corrected chi connectivity index (χ4v) is 8.29. The van der Waals surface area contributed by atoms with Gasteiger partial charge in [0.2, 0.25) is 0 Å². The number of nitrogens with zero attached hydrogens (tertiary/aromatic N) is 1. The smallest absolute Gasteiger partial charge is 0.407 e. The molecule has 1 aromatic rings. The van der Waals surface area contributed by atoms with Crippen LogP contribution in [-0.2, 0) is 28.5 Å². The van der Waals surface area contributed by atoms with E-state index in [1.807, 2.05) is 110 Å². The van der Waals surface area contributed by atoms with E-state index in [9.17, 15) is 35.1 Å². The maximum atomic E-state index is 13.7. The van der Waals surface area contributed by atoms with E-state index in [0.717, 1.165) is 22.3 Å². The van der Waals surface area contributed by atoms with Crippen LogP contribution in [0.3, 0.4) is 0 Å². The second-order valence-corrected chi connectivity index (χ2v) is 18.2. The number of aliphatic hydroxyl groups excluding tert-OH is 5. The Morgan fingerprint density at radius 1 is 0.984 bits per heavy atom. The zero-order valence-corrected chi connectivity index (χ0v) is 39.7. The van der Waals surface area contributed by atoms with Crippen LogP contribution in [0.4, 0.5) is 4.79 Å². The molecule has 0 aromatic carbocycles. The van der Waals surface area contributed by atoms with Gasteiger partial charge >= 0.3 is 12.1 Å². The molecule has 0 aliphatic carbocycles. The van der Waals surface area contributed by atoms with Crippen LogP contribution in [0.25, 0.3) is 0 Å². The number of alkyl carbamates (subject to hydrolysis) is 1. The molecule has 6 N–H and O–H groups in total. The number of hydrogen-bond donors (Lipinski definition) is 6. The molecule has 1 saturated heterocycles. The van der Waals surface area contributed by atoms with E-state index in [1.54, 1.807) is 26.2 Å². The number of carbonyl (C=O) groups excluding carboxylic acids is 2. The fourth-order valence-electron chi connectivity index (χ4n) is 7.41. The molecule has 13 atom stereocenters. The van der Waals surface area contributed by atoms with Crippen molar-refractivity contribution in [2.45, 2.75) is 143 Å². The van der Waals surface area contributed by atoms with E-state index in [2.05, 4.69) is 5.32 Å². The quantitative estimate of drug-likeness (QED) is 0.111. The molecular weight excluding hydrogens is 829 g/mol. The molecule has 3 rings (SSSR count). The highest BCUT2D eigenvalue weighted by atomic mass is 32.1. The first-order chi connectivity index (χ1) is 29.7. The van der Waals surface area contributed by atoms with Crippen LogP contribution in [-0.4, -0.2) is 112 Å². The summed E-state index contributed by atoms with van der Waals surface area (Å²) in [5.41, 5.74) is 4.36. The first-order valence-corrected chi connectivity index (χ1v) is 22.5. The second-order valence-electron chi connectivity index (χ2n) is 17.3. The van der Waals surface area contributed by atoms with Gasteiger partial charge in [0.25, 0.3) is 0 Å². The van der Waals surface area contributed by atoms with Crippen LogP contribution in [0.15, 0.2) is 87.9 Å². The van der Waals surface area contributed by atoms with Gasteiger partial charge in [-0.2, -0.15) is 0 Å². The molecule has 0 bridgehead atoms. The molecule has 2 aliphatic rings. The highest BCUT2D eigenvalue weighted by molar-refractivity contribution is 7.09. The summed E-state index contributed by atoms with van der Waals surface area (Å²) in [7, 11) is 3.07. The zero-order valence-electron chi connectivity index (χ0n) is 38.9. The fraction of sp³-hybridized carbons (Fsp3) is 0.604. The topological polar surface area (TPSA) is 206 Å². The molecule has 0 radical (unpaired) electrons. The number of amides is 1. The van der Waals surface area contributed by atoms with Crippen molar-refractivity contribution in [1.29, 1.82) is 0 Å². The lowest BCUT2D eigenvalue weighted by Gasteiger charge is -2.41. The van der Waals surface area contributed by atoms with Gasteiger partial charge in [-0.1, -0.05) is 106 Å². The minimum Gasteiger partial charge on any atom is -0.452 e. The zero-order chi connectivity index (χ0) is 47.1. The maximum absolute atomic E-state index is 13.7. The minimum atomic E-state index is -1.62. The Morgan fingerprint density at radius 2 is 1.68 bits per heavy atom. The third kappa shape index (κ3) is 16.0. The Balaban J connectivity index is 2.14. The highest BCUT2D eigenvalue weighted by Gasteiger charge is 2.45. The largest absolute Gasteiger partial charge is 0.452 e. The number of allylic oxidation sites excluding steroid dienone is 8. The number of aromatic nitrogens is 1. The predicted molar refractivity (Wildman–Crippen MR) is 243 cm³/mol. The number of aliphatic hydroxyl groups is 5. The summed E-state index contributed by atoms with van der Waals surface area (Å²) in [5, 5.41) is 57.7. The SMILES string of the molecule is CNC(=O)OC(CC(C)C)c1nc(C2OC(=O)C(C)=CCC(C)=CC(O)C(C)C=C(C)C=C(C)C=CC(OC3OC(CO)C(O)C(O)C3O)C(C)C(OC)C(C)=CC=CC2C)cs1. The van der Waals surface area contributed by atoms with Gasteiger partial charge in [0.1, 0.15) is 29.4 Å². The average molecular weight is 901 g/mol. The van der Waals surface area contributed by atoms with Crippen molar-refractivity contribution in [1.82, 2.24) is 10.3 Å². The summed E-state index contributed by atoms with van der Waals surface area (Å²) in [5.74, 6) is -1.37.